The Labute approximate surface area is 171 Å². The molecule has 4 rings (SSSR count). The van der Waals surface area contributed by atoms with Gasteiger partial charge in [-0.05, 0) is 48.1 Å². The lowest BCUT2D eigenvalue weighted by Crippen LogP contribution is -2.27. The molecule has 29 heavy (non-hydrogen) atoms. The molecule has 1 unspecified atom stereocenters. The first kappa shape index (κ1) is 19.4. The molecular formula is C24H28N2O3. The van der Waals surface area contributed by atoms with E-state index in [2.05, 4.69) is 41.6 Å². The molecule has 1 saturated carbocycles. The summed E-state index contributed by atoms with van der Waals surface area (Å²) in [7, 11) is 3.26. The summed E-state index contributed by atoms with van der Waals surface area (Å²) in [5.74, 6) is 1.37. The maximum Gasteiger partial charge on any atom is 0.221 e. The number of para-hydroxylation sites is 1. The van der Waals surface area contributed by atoms with Crippen molar-refractivity contribution in [3.8, 4) is 11.5 Å². The second kappa shape index (κ2) is 8.19. The van der Waals surface area contributed by atoms with Gasteiger partial charge in [-0.25, -0.2) is 0 Å². The number of carbonyl (C=O) groups excluding carboxylic acids is 1. The summed E-state index contributed by atoms with van der Waals surface area (Å²) < 4.78 is 10.9. The molecule has 5 nitrogen and oxygen atoms in total. The molecule has 0 saturated heterocycles. The van der Waals surface area contributed by atoms with Gasteiger partial charge in [-0.1, -0.05) is 31.2 Å². The number of hydrogen-bond acceptors (Lipinski definition) is 3. The summed E-state index contributed by atoms with van der Waals surface area (Å²) in [5, 5.41) is 4.30. The molecule has 1 aliphatic rings. The Morgan fingerprint density at radius 3 is 2.66 bits per heavy atom. The molecule has 152 valence electrons. The predicted octanol–water partition coefficient (Wildman–Crippen LogP) is 4.55. The lowest BCUT2D eigenvalue weighted by Gasteiger charge is -2.19. The molecule has 0 aliphatic heterocycles. The normalized spacial score (nSPS) is 14.6. The first-order chi connectivity index (χ1) is 14.1. The number of methoxy groups -OCH3 is 2. The van der Waals surface area contributed by atoms with Crippen LogP contribution in [0.25, 0.3) is 10.9 Å². The van der Waals surface area contributed by atoms with Crippen LogP contribution in [0.5, 0.6) is 11.5 Å². The second-order valence-corrected chi connectivity index (χ2v) is 7.65. The number of carbonyl (C=O) groups is 1. The lowest BCUT2D eigenvalue weighted by atomic mass is 9.87. The molecule has 1 aromatic heterocycles. The average molecular weight is 392 g/mol. The van der Waals surface area contributed by atoms with E-state index in [0.29, 0.717) is 24.0 Å². The molecule has 3 aromatic rings. The number of H-pyrrole nitrogens is 1. The highest BCUT2D eigenvalue weighted by molar-refractivity contribution is 5.88. The third-order valence-electron chi connectivity index (χ3n) is 5.73. The molecule has 1 heterocycles. The lowest BCUT2D eigenvalue weighted by molar-refractivity contribution is -0.121. The first-order valence-electron chi connectivity index (χ1n) is 10.2. The van der Waals surface area contributed by atoms with Crippen LogP contribution < -0.4 is 14.8 Å². The van der Waals surface area contributed by atoms with Gasteiger partial charge in [-0.15, -0.1) is 0 Å². The molecule has 1 atom stereocenters. The molecule has 0 spiro atoms. The molecule has 0 bridgehead atoms. The van der Waals surface area contributed by atoms with E-state index in [1.165, 1.54) is 10.9 Å². The summed E-state index contributed by atoms with van der Waals surface area (Å²) in [5.41, 5.74) is 4.60. The fourth-order valence-corrected chi connectivity index (χ4v) is 4.00. The number of aromatic nitrogens is 1. The number of aryl methyl sites for hydroxylation is 1. The summed E-state index contributed by atoms with van der Waals surface area (Å²) >= 11 is 0. The van der Waals surface area contributed by atoms with Crippen molar-refractivity contribution >= 4 is 16.8 Å². The summed E-state index contributed by atoms with van der Waals surface area (Å²) in [6.45, 7) is 2.16. The molecular weight excluding hydrogens is 364 g/mol. The number of hydrogen-bond donors (Lipinski definition) is 2. The van der Waals surface area contributed by atoms with E-state index in [1.807, 2.05) is 18.2 Å². The van der Waals surface area contributed by atoms with Crippen molar-refractivity contribution in [2.45, 2.75) is 44.6 Å². The van der Waals surface area contributed by atoms with Gasteiger partial charge in [0, 0.05) is 35.5 Å². The minimum atomic E-state index is -0.0746. The average Bonchev–Trinajstić information content (AvgIpc) is 3.46. The number of benzene rings is 2. The molecule has 1 aliphatic carbocycles. The van der Waals surface area contributed by atoms with Gasteiger partial charge in [0.2, 0.25) is 5.91 Å². The zero-order valence-corrected chi connectivity index (χ0v) is 17.2. The standard InChI is InChI=1S/C24H28N2O3/c1-4-15-6-5-7-18-20(14-25-24(15)18)19(13-23(27)26-17-9-10-17)16-8-11-21(28-2)22(12-16)29-3/h5-8,11-12,14,17,19,25H,4,9-10,13H2,1-3H3,(H,26,27). The van der Waals surface area contributed by atoms with Gasteiger partial charge in [0.05, 0.1) is 14.2 Å². The van der Waals surface area contributed by atoms with Crippen molar-refractivity contribution in [2.75, 3.05) is 14.2 Å². The predicted molar refractivity (Wildman–Crippen MR) is 115 cm³/mol. The van der Waals surface area contributed by atoms with Crippen LogP contribution in [0.1, 0.15) is 48.8 Å². The minimum absolute atomic E-state index is 0.0746. The van der Waals surface area contributed by atoms with Gasteiger partial charge in [-0.2, -0.15) is 0 Å². The zero-order chi connectivity index (χ0) is 20.4. The quantitative estimate of drug-likeness (QED) is 0.591. The van der Waals surface area contributed by atoms with Crippen molar-refractivity contribution in [1.29, 1.82) is 0 Å². The van der Waals surface area contributed by atoms with E-state index in [-0.39, 0.29) is 11.8 Å². The molecule has 5 heteroatoms. The molecule has 0 radical (unpaired) electrons. The number of aromatic amines is 1. The summed E-state index contributed by atoms with van der Waals surface area (Å²) in [6, 6.07) is 12.6. The summed E-state index contributed by atoms with van der Waals surface area (Å²) in [6.07, 6.45) is 5.57. The Hall–Kier alpha value is -2.95. The second-order valence-electron chi connectivity index (χ2n) is 7.65. The maximum absolute atomic E-state index is 12.7. The third-order valence-corrected chi connectivity index (χ3v) is 5.73. The highest BCUT2D eigenvalue weighted by atomic mass is 16.5. The van der Waals surface area contributed by atoms with Crippen molar-refractivity contribution in [1.82, 2.24) is 10.3 Å². The zero-order valence-electron chi connectivity index (χ0n) is 17.2. The molecule has 2 N–H and O–H groups in total. The van der Waals surface area contributed by atoms with Gasteiger partial charge in [-0.3, -0.25) is 4.79 Å². The van der Waals surface area contributed by atoms with Crippen LogP contribution in [-0.4, -0.2) is 31.2 Å². The highest BCUT2D eigenvalue weighted by Gasteiger charge is 2.27. The number of nitrogens with one attached hydrogen (secondary N) is 2. The van der Waals surface area contributed by atoms with E-state index in [4.69, 9.17) is 9.47 Å². The number of rotatable bonds is 8. The Kier molecular flexibility index (Phi) is 5.47. The molecule has 1 fully saturated rings. The Balaban J connectivity index is 1.77. The number of amides is 1. The smallest absolute Gasteiger partial charge is 0.221 e. The van der Waals surface area contributed by atoms with Gasteiger partial charge in [0.25, 0.3) is 0 Å². The van der Waals surface area contributed by atoms with Crippen molar-refractivity contribution in [2.24, 2.45) is 0 Å². The van der Waals surface area contributed by atoms with E-state index in [9.17, 15) is 4.79 Å². The maximum atomic E-state index is 12.7. The van der Waals surface area contributed by atoms with Crippen molar-refractivity contribution < 1.29 is 14.3 Å². The van der Waals surface area contributed by atoms with Crippen LogP contribution >= 0.6 is 0 Å². The van der Waals surface area contributed by atoms with Crippen LogP contribution in [0, 0.1) is 0 Å². The topological polar surface area (TPSA) is 63.4 Å². The van der Waals surface area contributed by atoms with Crippen LogP contribution in [0.3, 0.4) is 0 Å². The van der Waals surface area contributed by atoms with Gasteiger partial charge in [0.15, 0.2) is 11.5 Å². The highest BCUT2D eigenvalue weighted by Crippen LogP contribution is 2.38. The molecule has 1 amide bonds. The Morgan fingerprint density at radius 2 is 1.97 bits per heavy atom. The third kappa shape index (κ3) is 3.95. The van der Waals surface area contributed by atoms with Crippen LogP contribution in [-0.2, 0) is 11.2 Å². The van der Waals surface area contributed by atoms with E-state index in [1.54, 1.807) is 14.2 Å². The number of ether oxygens (including phenoxy) is 2. The minimum Gasteiger partial charge on any atom is -0.493 e. The van der Waals surface area contributed by atoms with Crippen LogP contribution in [0.4, 0.5) is 0 Å². The SMILES string of the molecule is CCc1cccc2c(C(CC(=O)NC3CC3)c3ccc(OC)c(OC)c3)c[nH]c12. The monoisotopic (exact) mass is 392 g/mol. The van der Waals surface area contributed by atoms with Crippen LogP contribution in [0.15, 0.2) is 42.6 Å². The van der Waals surface area contributed by atoms with Crippen molar-refractivity contribution in [3.05, 3.63) is 59.3 Å². The summed E-state index contributed by atoms with van der Waals surface area (Å²) in [4.78, 5) is 16.2. The van der Waals surface area contributed by atoms with Crippen LogP contribution in [0.2, 0.25) is 0 Å². The largest absolute Gasteiger partial charge is 0.493 e. The number of fused-ring (bicyclic) bond motifs is 1. The van der Waals surface area contributed by atoms with Gasteiger partial charge in [0.1, 0.15) is 0 Å². The molecule has 2 aromatic carbocycles. The van der Waals surface area contributed by atoms with Crippen molar-refractivity contribution in [3.63, 3.8) is 0 Å². The Bertz CT molecular complexity index is 1020. The fraction of sp³-hybridized carbons (Fsp3) is 0.375. The fourth-order valence-electron chi connectivity index (χ4n) is 4.00. The van der Waals surface area contributed by atoms with Gasteiger partial charge >= 0.3 is 0 Å². The van der Waals surface area contributed by atoms with Gasteiger partial charge < -0.3 is 19.8 Å². The first-order valence-corrected chi connectivity index (χ1v) is 10.2. The Morgan fingerprint density at radius 1 is 1.17 bits per heavy atom. The van der Waals surface area contributed by atoms with E-state index >= 15 is 0 Å². The van der Waals surface area contributed by atoms with E-state index < -0.39 is 0 Å². The van der Waals surface area contributed by atoms with E-state index in [0.717, 1.165) is 35.9 Å².